The highest BCUT2D eigenvalue weighted by molar-refractivity contribution is 6.07. The van der Waals surface area contributed by atoms with E-state index in [0.29, 0.717) is 23.2 Å². The number of nitrogens with one attached hydrogen (secondary N) is 3. The van der Waals surface area contributed by atoms with Crippen molar-refractivity contribution >= 4 is 23.5 Å². The summed E-state index contributed by atoms with van der Waals surface area (Å²) in [5, 5.41) is 7.13. The second-order valence-corrected chi connectivity index (χ2v) is 6.96. The lowest BCUT2D eigenvalue weighted by atomic mass is 10.1. The number of ether oxygens (including phenoxy) is 1. The fraction of sp³-hybridized carbons (Fsp3) is 0.190. The van der Waals surface area contributed by atoms with Gasteiger partial charge in [-0.2, -0.15) is 4.99 Å². The second kappa shape index (κ2) is 7.67. The van der Waals surface area contributed by atoms with Crippen LogP contribution in [0.4, 0.5) is 5.69 Å². The number of para-hydroxylation sites is 1. The third kappa shape index (κ3) is 4.06. The highest BCUT2D eigenvalue weighted by atomic mass is 16.5. The minimum atomic E-state index is -0.709. The van der Waals surface area contributed by atoms with Crippen molar-refractivity contribution in [2.24, 2.45) is 4.99 Å². The van der Waals surface area contributed by atoms with Crippen LogP contribution < -0.4 is 20.8 Å². The van der Waals surface area contributed by atoms with E-state index >= 15 is 0 Å². The first-order valence-electron chi connectivity index (χ1n) is 9.25. The average Bonchev–Trinajstić information content (AvgIpc) is 3.14. The van der Waals surface area contributed by atoms with Crippen LogP contribution in [-0.4, -0.2) is 28.8 Å². The van der Waals surface area contributed by atoms with E-state index in [1.807, 2.05) is 44.2 Å². The van der Waals surface area contributed by atoms with Gasteiger partial charge in [0.15, 0.2) is 0 Å². The standard InChI is InChI=1S/C21H21N5O3/c1-13(2)19-24-21-23-18(27)12-17(26(21)25-19)20(28)22-14-8-10-16(11-9-14)29-15-6-4-3-5-7-15/h3-11,17,25H,12H2,1-2H3,(H,22,28)(H,23,24,27)/t17-/m0/s1. The number of carbonyl (C=O) groups is 2. The van der Waals surface area contributed by atoms with Gasteiger partial charge in [0.25, 0.3) is 0 Å². The Hall–Kier alpha value is -3.81. The highest BCUT2D eigenvalue weighted by Gasteiger charge is 2.39. The van der Waals surface area contributed by atoms with Gasteiger partial charge in [-0.25, -0.2) is 5.01 Å². The van der Waals surface area contributed by atoms with Crippen molar-refractivity contribution < 1.29 is 14.3 Å². The SMILES string of the molecule is CC(C)=C1N=C2NC(=O)C[C@@H](C(=O)Nc3ccc(Oc4ccccc4)cc3)N2N1. The Morgan fingerprint density at radius 3 is 2.48 bits per heavy atom. The van der Waals surface area contributed by atoms with Crippen LogP contribution in [0.15, 0.2) is 71.0 Å². The Morgan fingerprint density at radius 1 is 1.10 bits per heavy atom. The second-order valence-electron chi connectivity index (χ2n) is 6.96. The third-order valence-corrected chi connectivity index (χ3v) is 4.49. The van der Waals surface area contributed by atoms with Crippen molar-refractivity contribution in [1.82, 2.24) is 15.8 Å². The molecule has 1 saturated heterocycles. The van der Waals surface area contributed by atoms with E-state index in [1.54, 1.807) is 29.3 Å². The van der Waals surface area contributed by atoms with Gasteiger partial charge in [-0.1, -0.05) is 18.2 Å². The number of benzene rings is 2. The van der Waals surface area contributed by atoms with Crippen molar-refractivity contribution in [2.75, 3.05) is 5.32 Å². The van der Waals surface area contributed by atoms with Gasteiger partial charge in [0.05, 0.1) is 6.42 Å². The number of hydrazine groups is 1. The molecule has 8 heteroatoms. The first-order valence-corrected chi connectivity index (χ1v) is 9.25. The normalized spacial score (nSPS) is 17.7. The van der Waals surface area contributed by atoms with Crippen molar-refractivity contribution in [3.05, 3.63) is 66.0 Å². The number of hydrogen-bond acceptors (Lipinski definition) is 6. The number of allylic oxidation sites excluding steroid dienone is 1. The van der Waals surface area contributed by atoms with Crippen LogP contribution in [-0.2, 0) is 9.59 Å². The van der Waals surface area contributed by atoms with Gasteiger partial charge in [0, 0.05) is 5.69 Å². The van der Waals surface area contributed by atoms with Gasteiger partial charge in [0.1, 0.15) is 23.4 Å². The summed E-state index contributed by atoms with van der Waals surface area (Å²) in [7, 11) is 0. The zero-order valence-electron chi connectivity index (χ0n) is 16.1. The summed E-state index contributed by atoms with van der Waals surface area (Å²) in [5.41, 5.74) is 4.65. The first-order chi connectivity index (χ1) is 14.0. The first kappa shape index (κ1) is 18.5. The van der Waals surface area contributed by atoms with Gasteiger partial charge < -0.3 is 10.1 Å². The molecule has 2 aromatic rings. The van der Waals surface area contributed by atoms with Crippen LogP contribution in [0.3, 0.4) is 0 Å². The number of fused-ring (bicyclic) bond motifs is 1. The zero-order chi connectivity index (χ0) is 20.4. The van der Waals surface area contributed by atoms with E-state index in [2.05, 4.69) is 21.1 Å². The summed E-state index contributed by atoms with van der Waals surface area (Å²) in [6, 6.07) is 15.8. The molecule has 2 aromatic carbocycles. The molecule has 0 aliphatic carbocycles. The molecule has 2 aliphatic rings. The smallest absolute Gasteiger partial charge is 0.249 e. The van der Waals surface area contributed by atoms with E-state index in [0.717, 1.165) is 11.3 Å². The number of aliphatic imine (C=N–C) groups is 1. The Kier molecular flexibility index (Phi) is 4.90. The molecule has 0 bridgehead atoms. The Balaban J connectivity index is 1.44. The molecule has 4 rings (SSSR count). The van der Waals surface area contributed by atoms with E-state index in [9.17, 15) is 9.59 Å². The lowest BCUT2D eigenvalue weighted by Gasteiger charge is -2.32. The molecule has 0 radical (unpaired) electrons. The van der Waals surface area contributed by atoms with E-state index in [4.69, 9.17) is 4.74 Å². The monoisotopic (exact) mass is 391 g/mol. The number of rotatable bonds is 4. The maximum atomic E-state index is 12.8. The molecule has 2 amide bonds. The molecule has 3 N–H and O–H groups in total. The van der Waals surface area contributed by atoms with Crippen molar-refractivity contribution in [3.63, 3.8) is 0 Å². The minimum absolute atomic E-state index is 0.0309. The topological polar surface area (TPSA) is 95.1 Å². The molecule has 2 heterocycles. The van der Waals surface area contributed by atoms with Crippen LogP contribution in [0.1, 0.15) is 20.3 Å². The third-order valence-electron chi connectivity index (χ3n) is 4.49. The number of guanidine groups is 1. The van der Waals surface area contributed by atoms with Crippen LogP contribution in [0.5, 0.6) is 11.5 Å². The highest BCUT2D eigenvalue weighted by Crippen LogP contribution is 2.24. The van der Waals surface area contributed by atoms with E-state index in [1.165, 1.54) is 0 Å². The summed E-state index contributed by atoms with van der Waals surface area (Å²) in [6.07, 6.45) is 0.0309. The fourth-order valence-electron chi connectivity index (χ4n) is 3.00. The number of anilines is 1. The maximum absolute atomic E-state index is 12.8. The molecule has 8 nitrogen and oxygen atoms in total. The van der Waals surface area contributed by atoms with E-state index < -0.39 is 6.04 Å². The van der Waals surface area contributed by atoms with Crippen LogP contribution in [0.25, 0.3) is 0 Å². The summed E-state index contributed by atoms with van der Waals surface area (Å²) in [6.45, 7) is 3.81. The largest absolute Gasteiger partial charge is 0.457 e. The molecular weight excluding hydrogens is 370 g/mol. The van der Waals surface area contributed by atoms with Gasteiger partial charge in [-0.3, -0.25) is 20.3 Å². The molecule has 1 atom stereocenters. The van der Waals surface area contributed by atoms with Crippen LogP contribution in [0, 0.1) is 0 Å². The van der Waals surface area contributed by atoms with Crippen LogP contribution >= 0.6 is 0 Å². The number of nitrogens with zero attached hydrogens (tertiary/aromatic N) is 2. The molecule has 0 saturated carbocycles. The predicted octanol–water partition coefficient (Wildman–Crippen LogP) is 2.73. The van der Waals surface area contributed by atoms with Gasteiger partial charge in [-0.15, -0.1) is 0 Å². The molecule has 148 valence electrons. The fourth-order valence-corrected chi connectivity index (χ4v) is 3.00. The number of carbonyl (C=O) groups excluding carboxylic acids is 2. The van der Waals surface area contributed by atoms with Gasteiger partial charge >= 0.3 is 0 Å². The molecule has 0 spiro atoms. The molecule has 2 aliphatic heterocycles. The minimum Gasteiger partial charge on any atom is -0.457 e. The lowest BCUT2D eigenvalue weighted by molar-refractivity contribution is -0.129. The molecule has 0 aromatic heterocycles. The number of amides is 2. The Bertz CT molecular complexity index is 995. The van der Waals surface area contributed by atoms with Crippen molar-refractivity contribution in [2.45, 2.75) is 26.3 Å². The Morgan fingerprint density at radius 2 is 1.79 bits per heavy atom. The Labute approximate surface area is 168 Å². The van der Waals surface area contributed by atoms with E-state index in [-0.39, 0.29) is 18.2 Å². The zero-order valence-corrected chi connectivity index (χ0v) is 16.1. The van der Waals surface area contributed by atoms with Gasteiger partial charge in [-0.05, 0) is 55.8 Å². The maximum Gasteiger partial charge on any atom is 0.249 e. The van der Waals surface area contributed by atoms with Gasteiger partial charge in [0.2, 0.25) is 17.8 Å². The molecule has 1 fully saturated rings. The predicted molar refractivity (Wildman–Crippen MR) is 109 cm³/mol. The summed E-state index contributed by atoms with van der Waals surface area (Å²) >= 11 is 0. The molecular formula is C21H21N5O3. The van der Waals surface area contributed by atoms with Crippen molar-refractivity contribution in [3.8, 4) is 11.5 Å². The number of hydrogen-bond donors (Lipinski definition) is 3. The summed E-state index contributed by atoms with van der Waals surface area (Å²) in [4.78, 5) is 29.2. The molecule has 0 unspecified atom stereocenters. The molecule has 29 heavy (non-hydrogen) atoms. The van der Waals surface area contributed by atoms with Crippen LogP contribution in [0.2, 0.25) is 0 Å². The quantitative estimate of drug-likeness (QED) is 0.745. The lowest BCUT2D eigenvalue weighted by Crippen LogP contribution is -2.61. The summed E-state index contributed by atoms with van der Waals surface area (Å²) < 4.78 is 5.76. The van der Waals surface area contributed by atoms with Crippen molar-refractivity contribution in [1.29, 1.82) is 0 Å². The summed E-state index contributed by atoms with van der Waals surface area (Å²) in [5.74, 6) is 1.82. The average molecular weight is 391 g/mol.